The summed E-state index contributed by atoms with van der Waals surface area (Å²) in [5, 5.41) is 49.3. The van der Waals surface area contributed by atoms with Gasteiger partial charge < -0.3 is 31.1 Å². The number of carboxylic acid groups (broad SMARTS) is 2. The Balaban J connectivity index is 0.000000186. The average molecular weight is 883 g/mol. The van der Waals surface area contributed by atoms with E-state index in [0.29, 0.717) is 59.5 Å². The molecule has 6 N–H and O–H groups in total. The molecule has 8 atom stereocenters. The molecule has 6 aliphatic rings. The summed E-state index contributed by atoms with van der Waals surface area (Å²) >= 11 is 3.05. The van der Waals surface area contributed by atoms with Crippen molar-refractivity contribution in [2.24, 2.45) is 46.3 Å². The van der Waals surface area contributed by atoms with Crippen molar-refractivity contribution in [2.45, 2.75) is 117 Å². The van der Waals surface area contributed by atoms with Gasteiger partial charge in [-0.1, -0.05) is 52.0 Å². The number of phenols is 2. The van der Waals surface area contributed by atoms with E-state index < -0.39 is 11.9 Å². The first-order valence-corrected chi connectivity index (χ1v) is 24.1. The second-order valence-corrected chi connectivity index (χ2v) is 21.2. The summed E-state index contributed by atoms with van der Waals surface area (Å²) in [5.41, 5.74) is 1.76. The van der Waals surface area contributed by atoms with E-state index >= 15 is 0 Å². The van der Waals surface area contributed by atoms with Crippen molar-refractivity contribution in [1.82, 2.24) is 10.6 Å². The number of aromatic hydroxyl groups is 2. The highest BCUT2D eigenvalue weighted by Crippen LogP contribution is 2.62. The Morgan fingerprint density at radius 2 is 1.03 bits per heavy atom. The highest BCUT2D eigenvalue weighted by Gasteiger charge is 2.58. The first-order chi connectivity index (χ1) is 29.5. The number of hydrogen-bond donors (Lipinski definition) is 6. The summed E-state index contributed by atoms with van der Waals surface area (Å²) in [5.74, 6) is 1.88. The number of aliphatic carboxylic acids is 2. The maximum absolute atomic E-state index is 13.2. The summed E-state index contributed by atoms with van der Waals surface area (Å²) in [6.07, 6.45) is 18.2. The second kappa shape index (κ2) is 19.0. The standard InChI is InChI=1S/2C25H31NO4S/c2*1-25(2)16-11-15(7-5-3-4-6-8-22(28)29)23(20(25)12-16)26-24(30)19-14-31-21-10-9-17(27)13-18(19)21/h2*3,5,9-10,13-16,20,23,27H,4,6-8,11-12H2,1-2H3,(H,26,30)(H,28,29)/b5-3+;5-3-/t2*15-,16-,20-,23+/m00/s1. The molecule has 0 unspecified atom stereocenters. The number of carboxylic acids is 2. The number of thiophene rings is 2. The molecule has 2 heterocycles. The van der Waals surface area contributed by atoms with Gasteiger partial charge in [-0.15, -0.1) is 22.7 Å². The molecule has 6 saturated carbocycles. The third-order valence-corrected chi connectivity index (χ3v) is 17.0. The molecule has 4 bridgehead atoms. The van der Waals surface area contributed by atoms with Crippen LogP contribution < -0.4 is 10.6 Å². The van der Waals surface area contributed by atoms with E-state index in [1.807, 2.05) is 22.9 Å². The van der Waals surface area contributed by atoms with Gasteiger partial charge in [0, 0.05) is 55.9 Å². The van der Waals surface area contributed by atoms with Gasteiger partial charge in [-0.25, -0.2) is 0 Å². The Kier molecular flexibility index (Phi) is 13.9. The van der Waals surface area contributed by atoms with Gasteiger partial charge in [0.15, 0.2) is 0 Å². The van der Waals surface area contributed by atoms with Crippen molar-refractivity contribution >= 4 is 66.6 Å². The van der Waals surface area contributed by atoms with Gasteiger partial charge in [0.2, 0.25) is 0 Å². The lowest BCUT2D eigenvalue weighted by Crippen LogP contribution is -2.63. The molecule has 0 aliphatic heterocycles. The molecule has 62 heavy (non-hydrogen) atoms. The lowest BCUT2D eigenvalue weighted by molar-refractivity contribution is -0.138. The molecule has 2 aromatic heterocycles. The highest BCUT2D eigenvalue weighted by atomic mass is 32.1. The number of fused-ring (bicyclic) bond motifs is 6. The van der Waals surface area contributed by atoms with E-state index in [1.165, 1.54) is 35.5 Å². The highest BCUT2D eigenvalue weighted by molar-refractivity contribution is 7.18. The lowest BCUT2D eigenvalue weighted by Gasteiger charge is -2.62. The fourth-order valence-electron chi connectivity index (χ4n) is 11.1. The number of unbranched alkanes of at least 4 members (excludes halogenated alkanes) is 2. The van der Waals surface area contributed by atoms with Crippen molar-refractivity contribution in [3.63, 3.8) is 0 Å². The van der Waals surface area contributed by atoms with Crippen LogP contribution >= 0.6 is 22.7 Å². The number of benzene rings is 2. The molecule has 6 aliphatic carbocycles. The summed E-state index contributed by atoms with van der Waals surface area (Å²) in [4.78, 5) is 47.8. The van der Waals surface area contributed by atoms with Gasteiger partial charge >= 0.3 is 11.9 Å². The van der Waals surface area contributed by atoms with E-state index in [9.17, 15) is 29.4 Å². The van der Waals surface area contributed by atoms with Gasteiger partial charge in [-0.2, -0.15) is 0 Å². The second-order valence-electron chi connectivity index (χ2n) is 19.4. The minimum absolute atomic E-state index is 0.0570. The third kappa shape index (κ3) is 9.76. The van der Waals surface area contributed by atoms with Crippen LogP contribution in [0.3, 0.4) is 0 Å². The first kappa shape index (κ1) is 45.3. The van der Waals surface area contributed by atoms with Crippen LogP contribution in [0.2, 0.25) is 0 Å². The van der Waals surface area contributed by atoms with E-state index in [0.717, 1.165) is 58.7 Å². The zero-order valence-corrected chi connectivity index (χ0v) is 37.9. The summed E-state index contributed by atoms with van der Waals surface area (Å²) < 4.78 is 1.99. The Morgan fingerprint density at radius 1 is 0.629 bits per heavy atom. The van der Waals surface area contributed by atoms with E-state index in [4.69, 9.17) is 10.2 Å². The number of carbonyl (C=O) groups excluding carboxylic acids is 2. The molecule has 2 amide bonds. The van der Waals surface area contributed by atoms with Crippen LogP contribution in [0.25, 0.3) is 20.2 Å². The van der Waals surface area contributed by atoms with Gasteiger partial charge in [0.25, 0.3) is 11.8 Å². The lowest BCUT2D eigenvalue weighted by atomic mass is 9.44. The Labute approximate surface area is 372 Å². The predicted molar refractivity (Wildman–Crippen MR) is 247 cm³/mol. The van der Waals surface area contributed by atoms with E-state index in [-0.39, 0.29) is 59.1 Å². The number of nitrogens with one attached hydrogen (secondary N) is 2. The molecule has 0 spiro atoms. The molecule has 10 rings (SSSR count). The number of allylic oxidation sites excluding steroid dienone is 4. The zero-order valence-electron chi connectivity index (χ0n) is 36.3. The smallest absolute Gasteiger partial charge is 0.303 e. The fraction of sp³-hybridized carbons (Fsp3) is 0.520. The first-order valence-electron chi connectivity index (χ1n) is 22.3. The SMILES string of the molecule is CC1(C)[C@H]2C[C@H](C/C=C/CCCC(=O)O)[C@@H](NC(=O)c3csc4ccc(O)cc34)[C@@H]1C2.CC1(C)[C@H]2C[C@H](C/C=C\CCCC(=O)O)[C@@H](NC(=O)c3csc4ccc(O)cc34)[C@@H]1C2. The Hall–Kier alpha value is -4.68. The third-order valence-electron chi connectivity index (χ3n) is 15.1. The summed E-state index contributed by atoms with van der Waals surface area (Å²) in [6, 6.07) is 10.6. The predicted octanol–water partition coefficient (Wildman–Crippen LogP) is 11.2. The zero-order chi connectivity index (χ0) is 44.3. The summed E-state index contributed by atoms with van der Waals surface area (Å²) in [6.45, 7) is 9.28. The number of hydrogen-bond acceptors (Lipinski definition) is 8. The molecule has 4 aromatic rings. The summed E-state index contributed by atoms with van der Waals surface area (Å²) in [7, 11) is 0. The molecule has 332 valence electrons. The van der Waals surface area contributed by atoms with Crippen LogP contribution in [-0.4, -0.2) is 56.3 Å². The normalized spacial score (nSPS) is 26.6. The maximum Gasteiger partial charge on any atom is 0.303 e. The Morgan fingerprint density at radius 3 is 1.40 bits per heavy atom. The maximum atomic E-state index is 13.2. The topological polar surface area (TPSA) is 173 Å². The van der Waals surface area contributed by atoms with Crippen molar-refractivity contribution in [3.8, 4) is 11.5 Å². The largest absolute Gasteiger partial charge is 0.508 e. The molecular weight excluding hydrogens is 821 g/mol. The minimum Gasteiger partial charge on any atom is -0.508 e. The van der Waals surface area contributed by atoms with Crippen LogP contribution in [0.4, 0.5) is 0 Å². The molecule has 0 saturated heterocycles. The minimum atomic E-state index is -0.750. The number of phenolic OH excluding ortho intramolecular Hbond substituents is 2. The molecule has 2 aromatic carbocycles. The monoisotopic (exact) mass is 882 g/mol. The molecule has 10 nitrogen and oxygen atoms in total. The number of rotatable bonds is 16. The van der Waals surface area contributed by atoms with E-state index in [2.05, 4.69) is 62.6 Å². The van der Waals surface area contributed by atoms with Gasteiger partial charge in [0.05, 0.1) is 11.1 Å². The number of amides is 2. The average Bonchev–Trinajstić information content (AvgIpc) is 3.85. The Bertz CT molecular complexity index is 2180. The molecular formula is C50H62N2O8S2. The van der Waals surface area contributed by atoms with Crippen molar-refractivity contribution < 1.29 is 39.6 Å². The molecule has 6 fully saturated rings. The van der Waals surface area contributed by atoms with Gasteiger partial charge in [-0.3, -0.25) is 19.2 Å². The van der Waals surface area contributed by atoms with E-state index in [1.54, 1.807) is 24.3 Å². The van der Waals surface area contributed by atoms with Crippen LogP contribution in [-0.2, 0) is 9.59 Å². The van der Waals surface area contributed by atoms with Gasteiger partial charge in [0.1, 0.15) is 11.5 Å². The fourth-order valence-corrected chi connectivity index (χ4v) is 12.9. The van der Waals surface area contributed by atoms with Crippen LogP contribution in [0, 0.1) is 46.3 Å². The van der Waals surface area contributed by atoms with Crippen molar-refractivity contribution in [1.29, 1.82) is 0 Å². The van der Waals surface area contributed by atoms with Crippen LogP contribution in [0.5, 0.6) is 11.5 Å². The van der Waals surface area contributed by atoms with Gasteiger partial charge in [-0.05, 0) is 147 Å². The van der Waals surface area contributed by atoms with Crippen LogP contribution in [0.15, 0.2) is 71.5 Å². The quantitative estimate of drug-likeness (QED) is 0.0476. The molecule has 0 radical (unpaired) electrons. The van der Waals surface area contributed by atoms with Crippen molar-refractivity contribution in [2.75, 3.05) is 0 Å². The molecule has 12 heteroatoms. The number of carbonyl (C=O) groups is 4. The van der Waals surface area contributed by atoms with Crippen LogP contribution in [0.1, 0.15) is 125 Å². The van der Waals surface area contributed by atoms with Crippen molar-refractivity contribution in [3.05, 3.63) is 82.6 Å².